The highest BCUT2D eigenvalue weighted by Crippen LogP contribution is 2.15. The van der Waals surface area contributed by atoms with E-state index in [0.29, 0.717) is 10.8 Å². The maximum Gasteiger partial charge on any atom is 0.318 e. The lowest BCUT2D eigenvalue weighted by Crippen LogP contribution is -2.01. The third-order valence-corrected chi connectivity index (χ3v) is 1.45. The zero-order chi connectivity index (χ0) is 9.14. The summed E-state index contributed by atoms with van der Waals surface area (Å²) in [4.78, 5) is 14.3. The van der Waals surface area contributed by atoms with Gasteiger partial charge in [-0.05, 0) is 30.7 Å². The van der Waals surface area contributed by atoms with E-state index in [2.05, 4.69) is 10.3 Å². The first-order valence-corrected chi connectivity index (χ1v) is 3.94. The van der Waals surface area contributed by atoms with E-state index in [-0.39, 0.29) is 0 Å². The van der Waals surface area contributed by atoms with Crippen molar-refractivity contribution in [1.29, 1.82) is 0 Å². The summed E-state index contributed by atoms with van der Waals surface area (Å²) in [5.41, 5.74) is 1.27. The first kappa shape index (κ1) is 9.29. The van der Waals surface area contributed by atoms with E-state index >= 15 is 0 Å². The maximum atomic E-state index is 10.4. The van der Waals surface area contributed by atoms with Gasteiger partial charge < -0.3 is 5.32 Å². The van der Waals surface area contributed by atoms with Crippen molar-refractivity contribution in [2.75, 3.05) is 5.32 Å². The molecule has 1 aromatic heterocycles. The van der Waals surface area contributed by atoms with Crippen LogP contribution < -0.4 is 5.32 Å². The quantitative estimate of drug-likeness (QED) is 0.435. The Morgan fingerprint density at radius 3 is 2.75 bits per heavy atom. The fraction of sp³-hybridized carbons (Fsp3) is 0.143. The summed E-state index contributed by atoms with van der Waals surface area (Å²) in [6.45, 7) is 1.77. The predicted molar refractivity (Wildman–Crippen MR) is 48.9 cm³/mol. The molecule has 0 aliphatic carbocycles. The Hall–Kier alpha value is -0.800. The Labute approximate surface area is 79.7 Å². The van der Waals surface area contributed by atoms with Crippen molar-refractivity contribution in [1.82, 2.24) is 4.98 Å². The molecule has 0 saturated carbocycles. The van der Waals surface area contributed by atoms with Crippen LogP contribution >= 0.6 is 23.2 Å². The Kier molecular flexibility index (Phi) is 2.89. The number of hydrogen-bond acceptors (Lipinski definition) is 2. The number of carbonyl (C=O) groups excluding carboxylic acids is 1. The van der Waals surface area contributed by atoms with Crippen LogP contribution in [-0.2, 0) is 0 Å². The Balaban J connectivity index is 2.93. The molecule has 0 bridgehead atoms. The summed E-state index contributed by atoms with van der Waals surface area (Å²) in [6, 6.07) is 3.20. The van der Waals surface area contributed by atoms with E-state index in [4.69, 9.17) is 23.2 Å². The summed E-state index contributed by atoms with van der Waals surface area (Å²) >= 11 is 10.7. The van der Waals surface area contributed by atoms with Crippen LogP contribution in [0.25, 0.3) is 0 Å². The zero-order valence-electron chi connectivity index (χ0n) is 6.27. The smallest absolute Gasteiger partial charge is 0.312 e. The van der Waals surface area contributed by atoms with Gasteiger partial charge in [-0.15, -0.1) is 0 Å². The summed E-state index contributed by atoms with van der Waals surface area (Å²) in [5, 5.41) is 2.08. The van der Waals surface area contributed by atoms with Crippen molar-refractivity contribution in [3.8, 4) is 0 Å². The van der Waals surface area contributed by atoms with Crippen LogP contribution in [0.5, 0.6) is 0 Å². The minimum atomic E-state index is -0.642. The van der Waals surface area contributed by atoms with Gasteiger partial charge in [0.25, 0.3) is 0 Å². The number of pyridine rings is 1. The van der Waals surface area contributed by atoms with Crippen LogP contribution in [0.4, 0.5) is 10.5 Å². The number of nitrogens with zero attached hydrogens (tertiary/aromatic N) is 1. The van der Waals surface area contributed by atoms with Crippen LogP contribution in [0.2, 0.25) is 5.15 Å². The molecule has 1 heterocycles. The van der Waals surface area contributed by atoms with Gasteiger partial charge in [-0.3, -0.25) is 4.79 Å². The first-order valence-electron chi connectivity index (χ1n) is 3.18. The molecule has 0 saturated heterocycles. The number of amides is 1. The average Bonchev–Trinajstić information content (AvgIpc) is 1.81. The lowest BCUT2D eigenvalue weighted by molar-refractivity contribution is 0.269. The Morgan fingerprint density at radius 2 is 2.25 bits per heavy atom. The predicted octanol–water partition coefficient (Wildman–Crippen LogP) is 2.81. The second-order valence-electron chi connectivity index (χ2n) is 2.22. The molecule has 0 radical (unpaired) electrons. The van der Waals surface area contributed by atoms with E-state index in [9.17, 15) is 4.79 Å². The summed E-state index contributed by atoms with van der Waals surface area (Å²) in [6.07, 6.45) is 0. The van der Waals surface area contributed by atoms with E-state index in [1.165, 1.54) is 6.07 Å². The molecule has 0 spiro atoms. The normalized spacial score (nSPS) is 9.58. The van der Waals surface area contributed by atoms with Crippen molar-refractivity contribution in [2.24, 2.45) is 0 Å². The molecule has 0 unspecified atom stereocenters. The molecular weight excluding hydrogens is 199 g/mol. The Morgan fingerprint density at radius 1 is 1.58 bits per heavy atom. The molecule has 3 nitrogen and oxygen atoms in total. The fourth-order valence-corrected chi connectivity index (χ4v) is 1.17. The van der Waals surface area contributed by atoms with Crippen LogP contribution in [0, 0.1) is 6.92 Å². The van der Waals surface area contributed by atoms with E-state index < -0.39 is 5.37 Å². The highest BCUT2D eigenvalue weighted by atomic mass is 35.5. The number of aryl methyl sites for hydroxylation is 1. The van der Waals surface area contributed by atoms with Crippen molar-refractivity contribution < 1.29 is 4.79 Å². The summed E-state index contributed by atoms with van der Waals surface area (Å²) in [7, 11) is 0. The monoisotopic (exact) mass is 204 g/mol. The molecular formula is C7H6Cl2N2O. The maximum absolute atomic E-state index is 10.4. The number of halogens is 2. The second-order valence-corrected chi connectivity index (χ2v) is 2.95. The van der Waals surface area contributed by atoms with E-state index in [1.807, 2.05) is 0 Å². The molecule has 1 amide bonds. The highest BCUT2D eigenvalue weighted by Gasteiger charge is 1.99. The van der Waals surface area contributed by atoms with Gasteiger partial charge in [0.1, 0.15) is 5.15 Å². The van der Waals surface area contributed by atoms with Crippen LogP contribution in [0.1, 0.15) is 5.69 Å². The number of aromatic nitrogens is 1. The van der Waals surface area contributed by atoms with Crippen LogP contribution in [0.3, 0.4) is 0 Å². The topological polar surface area (TPSA) is 42.0 Å². The standard InChI is InChI=1S/C7H6Cl2N2O/c1-4-2-5(11-7(9)12)3-6(8)10-4/h2-3H,1H3,(H,10,11,12). The number of hydrogen-bond donors (Lipinski definition) is 1. The number of carbonyl (C=O) groups is 1. The van der Waals surface area contributed by atoms with Gasteiger partial charge in [-0.1, -0.05) is 11.6 Å². The summed E-state index contributed by atoms with van der Waals surface area (Å²) in [5.74, 6) is 0. The number of rotatable bonds is 1. The average molecular weight is 205 g/mol. The lowest BCUT2D eigenvalue weighted by Gasteiger charge is -2.01. The zero-order valence-corrected chi connectivity index (χ0v) is 7.78. The molecule has 0 aliphatic heterocycles. The van der Waals surface area contributed by atoms with Crippen molar-refractivity contribution in [2.45, 2.75) is 6.92 Å². The highest BCUT2D eigenvalue weighted by molar-refractivity contribution is 6.65. The molecule has 64 valence electrons. The van der Waals surface area contributed by atoms with E-state index in [0.717, 1.165) is 5.69 Å². The molecule has 1 N–H and O–H groups in total. The van der Waals surface area contributed by atoms with Gasteiger partial charge in [0.2, 0.25) is 0 Å². The minimum Gasteiger partial charge on any atom is -0.312 e. The number of anilines is 1. The molecule has 12 heavy (non-hydrogen) atoms. The van der Waals surface area contributed by atoms with Crippen molar-refractivity contribution in [3.63, 3.8) is 0 Å². The van der Waals surface area contributed by atoms with Gasteiger partial charge in [0.05, 0.1) is 0 Å². The van der Waals surface area contributed by atoms with E-state index in [1.54, 1.807) is 13.0 Å². The van der Waals surface area contributed by atoms with Gasteiger partial charge >= 0.3 is 5.37 Å². The Bertz CT molecular complexity index is 294. The van der Waals surface area contributed by atoms with Gasteiger partial charge in [-0.2, -0.15) is 0 Å². The van der Waals surface area contributed by atoms with Gasteiger partial charge in [-0.25, -0.2) is 4.98 Å². The first-order chi connectivity index (χ1) is 5.58. The van der Waals surface area contributed by atoms with Gasteiger partial charge in [0, 0.05) is 11.4 Å². The summed E-state index contributed by atoms with van der Waals surface area (Å²) < 4.78 is 0. The SMILES string of the molecule is Cc1cc(NC(=O)Cl)cc(Cl)n1. The molecule has 0 fully saturated rings. The lowest BCUT2D eigenvalue weighted by atomic mass is 10.3. The molecule has 0 aliphatic rings. The van der Waals surface area contributed by atoms with Gasteiger partial charge in [0.15, 0.2) is 0 Å². The fourth-order valence-electron chi connectivity index (χ4n) is 0.814. The van der Waals surface area contributed by atoms with Crippen LogP contribution in [0.15, 0.2) is 12.1 Å². The molecule has 5 heteroatoms. The van der Waals surface area contributed by atoms with Crippen molar-refractivity contribution >= 4 is 34.3 Å². The third kappa shape index (κ3) is 2.68. The molecule has 1 rings (SSSR count). The molecule has 0 atom stereocenters. The van der Waals surface area contributed by atoms with Crippen molar-refractivity contribution in [3.05, 3.63) is 23.0 Å². The molecule has 0 aromatic carbocycles. The molecule has 1 aromatic rings. The second kappa shape index (κ2) is 3.74. The number of nitrogens with one attached hydrogen (secondary N) is 1. The minimum absolute atomic E-state index is 0.329. The third-order valence-electron chi connectivity index (χ3n) is 1.16. The van der Waals surface area contributed by atoms with Crippen LogP contribution in [-0.4, -0.2) is 10.4 Å². The largest absolute Gasteiger partial charge is 0.318 e.